The van der Waals surface area contributed by atoms with E-state index in [1.807, 2.05) is 11.0 Å². The highest BCUT2D eigenvalue weighted by atomic mass is 35.5. The molecule has 3 aromatic rings. The zero-order chi connectivity index (χ0) is 25.3. The number of hydrogen-bond acceptors (Lipinski definition) is 5. The van der Waals surface area contributed by atoms with Gasteiger partial charge in [-0.1, -0.05) is 35.9 Å². The van der Waals surface area contributed by atoms with E-state index in [0.29, 0.717) is 37.6 Å². The summed E-state index contributed by atoms with van der Waals surface area (Å²) in [5, 5.41) is 2.64. The standard InChI is InChI=1S/C27H30ClN3O3S2/c1-20-5-2-3-6-23(20)27-24-12-18-35-25(24)11-15-30(27)19-26(32)29-13-4-14-31(17-16-29)36(33,34)22-9-7-21(28)8-10-22/h2-3,5-10,12,18,27H,4,11,13-17,19H2,1H3/t27-/m1/s1. The summed E-state index contributed by atoms with van der Waals surface area (Å²) in [6, 6.07) is 16.9. The SMILES string of the molecule is Cc1ccccc1[C@@H]1c2ccsc2CCN1CC(=O)N1CCCN(S(=O)(=O)c2ccc(Cl)cc2)CC1. The number of hydrogen-bond donors (Lipinski definition) is 0. The molecule has 0 bridgehead atoms. The molecule has 36 heavy (non-hydrogen) atoms. The molecule has 1 amide bonds. The Balaban J connectivity index is 1.30. The van der Waals surface area contributed by atoms with Gasteiger partial charge < -0.3 is 4.90 Å². The van der Waals surface area contributed by atoms with Crippen molar-refractivity contribution in [3.63, 3.8) is 0 Å². The molecule has 9 heteroatoms. The molecular weight excluding hydrogens is 514 g/mol. The number of fused-ring (bicyclic) bond motifs is 1. The molecule has 190 valence electrons. The molecule has 0 aliphatic carbocycles. The van der Waals surface area contributed by atoms with Gasteiger partial charge in [0.1, 0.15) is 0 Å². The molecular formula is C27H30ClN3O3S2. The van der Waals surface area contributed by atoms with E-state index >= 15 is 0 Å². The van der Waals surface area contributed by atoms with Crippen molar-refractivity contribution in [2.75, 3.05) is 39.3 Å². The zero-order valence-corrected chi connectivity index (χ0v) is 22.7. The van der Waals surface area contributed by atoms with Gasteiger partial charge in [0.15, 0.2) is 0 Å². The van der Waals surface area contributed by atoms with Crippen molar-refractivity contribution < 1.29 is 13.2 Å². The average Bonchev–Trinajstić information content (AvgIpc) is 3.19. The Morgan fingerprint density at radius 1 is 0.972 bits per heavy atom. The van der Waals surface area contributed by atoms with Gasteiger partial charge >= 0.3 is 0 Å². The molecule has 3 heterocycles. The van der Waals surface area contributed by atoms with Crippen molar-refractivity contribution in [2.45, 2.75) is 30.7 Å². The van der Waals surface area contributed by atoms with Gasteiger partial charge in [0.2, 0.25) is 15.9 Å². The average molecular weight is 544 g/mol. The lowest BCUT2D eigenvalue weighted by atomic mass is 9.90. The lowest BCUT2D eigenvalue weighted by Crippen LogP contribution is -2.45. The number of carbonyl (C=O) groups excluding carboxylic acids is 1. The van der Waals surface area contributed by atoms with Gasteiger partial charge in [-0.2, -0.15) is 4.31 Å². The van der Waals surface area contributed by atoms with Crippen molar-refractivity contribution in [2.24, 2.45) is 0 Å². The third-order valence-electron chi connectivity index (χ3n) is 7.15. The third-order valence-corrected chi connectivity index (χ3v) is 10.3. The first kappa shape index (κ1) is 25.4. The second-order valence-electron chi connectivity index (χ2n) is 9.37. The maximum Gasteiger partial charge on any atom is 0.243 e. The maximum atomic E-state index is 13.5. The molecule has 0 N–H and O–H groups in total. The summed E-state index contributed by atoms with van der Waals surface area (Å²) >= 11 is 7.72. The Hall–Kier alpha value is -2.23. The summed E-state index contributed by atoms with van der Waals surface area (Å²) in [4.78, 5) is 19.2. The zero-order valence-electron chi connectivity index (χ0n) is 20.3. The van der Waals surface area contributed by atoms with Gasteiger partial charge in [-0.15, -0.1) is 11.3 Å². The Kier molecular flexibility index (Phi) is 7.51. The molecule has 2 aromatic carbocycles. The van der Waals surface area contributed by atoms with Crippen LogP contribution in [-0.2, 0) is 21.2 Å². The number of halogens is 1. The van der Waals surface area contributed by atoms with Gasteiger partial charge in [0.05, 0.1) is 17.5 Å². The molecule has 0 radical (unpaired) electrons. The van der Waals surface area contributed by atoms with Crippen molar-refractivity contribution in [1.29, 1.82) is 0 Å². The molecule has 6 nitrogen and oxygen atoms in total. The van der Waals surface area contributed by atoms with E-state index in [1.54, 1.807) is 23.5 Å². The lowest BCUT2D eigenvalue weighted by molar-refractivity contribution is -0.132. The minimum Gasteiger partial charge on any atom is -0.340 e. The number of sulfonamides is 1. The number of thiophene rings is 1. The van der Waals surface area contributed by atoms with Crippen molar-refractivity contribution >= 4 is 38.9 Å². The molecule has 0 spiro atoms. The summed E-state index contributed by atoms with van der Waals surface area (Å²) in [7, 11) is -3.63. The number of nitrogens with zero attached hydrogens (tertiary/aromatic N) is 3. The van der Waals surface area contributed by atoms with E-state index in [-0.39, 0.29) is 23.4 Å². The van der Waals surface area contributed by atoms with E-state index < -0.39 is 10.0 Å². The second kappa shape index (κ2) is 10.6. The van der Waals surface area contributed by atoms with Crippen LogP contribution in [0, 0.1) is 6.92 Å². The molecule has 1 aromatic heterocycles. The van der Waals surface area contributed by atoms with E-state index in [4.69, 9.17) is 11.6 Å². The van der Waals surface area contributed by atoms with Crippen LogP contribution >= 0.6 is 22.9 Å². The van der Waals surface area contributed by atoms with Crippen LogP contribution in [0.4, 0.5) is 0 Å². The Morgan fingerprint density at radius 3 is 2.53 bits per heavy atom. The predicted molar refractivity (Wildman–Crippen MR) is 144 cm³/mol. The van der Waals surface area contributed by atoms with Crippen LogP contribution in [0.25, 0.3) is 0 Å². The minimum atomic E-state index is -3.63. The second-order valence-corrected chi connectivity index (χ2v) is 12.7. The lowest BCUT2D eigenvalue weighted by Gasteiger charge is -2.37. The summed E-state index contributed by atoms with van der Waals surface area (Å²) in [5.74, 6) is 0.0537. The number of benzene rings is 2. The fraction of sp³-hybridized carbons (Fsp3) is 0.370. The number of aryl methyl sites for hydroxylation is 1. The largest absolute Gasteiger partial charge is 0.340 e. The van der Waals surface area contributed by atoms with E-state index in [2.05, 4.69) is 41.5 Å². The molecule has 0 unspecified atom stereocenters. The summed E-state index contributed by atoms with van der Waals surface area (Å²) < 4.78 is 27.8. The number of carbonyl (C=O) groups is 1. The van der Waals surface area contributed by atoms with Gasteiger partial charge in [-0.3, -0.25) is 9.69 Å². The van der Waals surface area contributed by atoms with Gasteiger partial charge in [-0.05, 0) is 72.2 Å². The molecule has 1 atom stereocenters. The highest BCUT2D eigenvalue weighted by Gasteiger charge is 2.34. The minimum absolute atomic E-state index is 0.0537. The van der Waals surface area contributed by atoms with Crippen molar-refractivity contribution in [1.82, 2.24) is 14.1 Å². The van der Waals surface area contributed by atoms with E-state index in [0.717, 1.165) is 13.0 Å². The molecule has 1 saturated heterocycles. The summed E-state index contributed by atoms with van der Waals surface area (Å²) in [6.07, 6.45) is 1.55. The van der Waals surface area contributed by atoms with E-state index in [1.165, 1.54) is 38.0 Å². The number of rotatable bonds is 5. The molecule has 1 fully saturated rings. The normalized spacial score (nSPS) is 19.6. The quantitative estimate of drug-likeness (QED) is 0.472. The molecule has 2 aliphatic heterocycles. The van der Waals surface area contributed by atoms with Crippen LogP contribution in [0.15, 0.2) is 64.9 Å². The Bertz CT molecular complexity index is 1340. The Labute approximate surface area is 222 Å². The van der Waals surface area contributed by atoms with Crippen molar-refractivity contribution in [3.8, 4) is 0 Å². The summed E-state index contributed by atoms with van der Waals surface area (Å²) in [6.45, 7) is 4.88. The molecule has 5 rings (SSSR count). The van der Waals surface area contributed by atoms with Crippen LogP contribution in [0.3, 0.4) is 0 Å². The number of amides is 1. The predicted octanol–water partition coefficient (Wildman–Crippen LogP) is 4.58. The van der Waals surface area contributed by atoms with Crippen molar-refractivity contribution in [3.05, 3.63) is 86.6 Å². The van der Waals surface area contributed by atoms with Gasteiger partial charge in [0.25, 0.3) is 0 Å². The smallest absolute Gasteiger partial charge is 0.243 e. The summed E-state index contributed by atoms with van der Waals surface area (Å²) in [5.41, 5.74) is 3.75. The van der Waals surface area contributed by atoms with Crippen LogP contribution < -0.4 is 0 Å². The fourth-order valence-corrected chi connectivity index (χ4v) is 7.71. The highest BCUT2D eigenvalue weighted by Crippen LogP contribution is 2.38. The van der Waals surface area contributed by atoms with Crippen LogP contribution in [0.1, 0.15) is 34.0 Å². The van der Waals surface area contributed by atoms with E-state index in [9.17, 15) is 13.2 Å². The molecule has 0 saturated carbocycles. The third kappa shape index (κ3) is 5.10. The highest BCUT2D eigenvalue weighted by molar-refractivity contribution is 7.89. The monoisotopic (exact) mass is 543 g/mol. The fourth-order valence-electron chi connectivity index (χ4n) is 5.21. The van der Waals surface area contributed by atoms with Crippen LogP contribution in [0.2, 0.25) is 5.02 Å². The first-order valence-electron chi connectivity index (χ1n) is 12.2. The van der Waals surface area contributed by atoms with Gasteiger partial charge in [-0.25, -0.2) is 8.42 Å². The van der Waals surface area contributed by atoms with Crippen LogP contribution in [-0.4, -0.2) is 67.7 Å². The topological polar surface area (TPSA) is 60.9 Å². The maximum absolute atomic E-state index is 13.5. The first-order chi connectivity index (χ1) is 17.3. The molecule has 2 aliphatic rings. The Morgan fingerprint density at radius 2 is 1.75 bits per heavy atom. The van der Waals surface area contributed by atoms with Crippen LogP contribution in [0.5, 0.6) is 0 Å². The van der Waals surface area contributed by atoms with Gasteiger partial charge in [0, 0.05) is 42.6 Å². The first-order valence-corrected chi connectivity index (χ1v) is 14.9.